The van der Waals surface area contributed by atoms with Crippen LogP contribution >= 0.6 is 0 Å². The molecule has 0 fully saturated rings. The molecule has 0 aliphatic rings. The number of anilines is 1. The molecule has 0 saturated heterocycles. The molecule has 0 aliphatic carbocycles. The summed E-state index contributed by atoms with van der Waals surface area (Å²) < 4.78 is 0. The lowest BCUT2D eigenvalue weighted by atomic mass is 9.93. The summed E-state index contributed by atoms with van der Waals surface area (Å²) in [7, 11) is 2.05. The first-order valence-electron chi connectivity index (χ1n) is 9.18. The molecule has 0 aliphatic heterocycles. The van der Waals surface area contributed by atoms with Crippen molar-refractivity contribution in [2.45, 2.75) is 52.0 Å². The molecule has 0 radical (unpaired) electrons. The maximum atomic E-state index is 6.06. The van der Waals surface area contributed by atoms with Crippen LogP contribution in [-0.2, 0) is 0 Å². The van der Waals surface area contributed by atoms with Gasteiger partial charge in [0.05, 0.1) is 6.04 Å². The van der Waals surface area contributed by atoms with E-state index in [1.54, 1.807) is 0 Å². The Kier molecular flexibility index (Phi) is 8.33. The van der Waals surface area contributed by atoms with Gasteiger partial charge in [-0.25, -0.2) is 0 Å². The van der Waals surface area contributed by atoms with Gasteiger partial charge in [-0.05, 0) is 42.9 Å². The van der Waals surface area contributed by atoms with Crippen molar-refractivity contribution in [3.63, 3.8) is 0 Å². The maximum Gasteiger partial charge on any atom is 0.0680 e. The zero-order valence-electron chi connectivity index (χ0n) is 16.4. The number of benzene rings is 1. The Hall–Kier alpha value is -2.16. The quantitative estimate of drug-likeness (QED) is 0.534. The van der Waals surface area contributed by atoms with Crippen molar-refractivity contribution in [2.75, 3.05) is 18.9 Å². The monoisotopic (exact) mass is 341 g/mol. The first-order valence-corrected chi connectivity index (χ1v) is 9.18. The van der Waals surface area contributed by atoms with Gasteiger partial charge >= 0.3 is 0 Å². The Morgan fingerprint density at radius 1 is 1.32 bits per heavy atom. The lowest BCUT2D eigenvalue weighted by Gasteiger charge is -2.33. The molecule has 1 unspecified atom stereocenters. The van der Waals surface area contributed by atoms with Gasteiger partial charge in [0.2, 0.25) is 0 Å². The summed E-state index contributed by atoms with van der Waals surface area (Å²) in [6.07, 6.45) is 4.80. The molecule has 1 aromatic carbocycles. The van der Waals surface area contributed by atoms with E-state index in [0.717, 1.165) is 37.2 Å². The number of hydrogen-bond acceptors (Lipinski definition) is 3. The van der Waals surface area contributed by atoms with Gasteiger partial charge in [-0.2, -0.15) is 0 Å². The van der Waals surface area contributed by atoms with Crippen LogP contribution in [0.4, 0.5) is 5.69 Å². The number of nitrogens with zero attached hydrogens (tertiary/aromatic N) is 1. The van der Waals surface area contributed by atoms with E-state index >= 15 is 0 Å². The van der Waals surface area contributed by atoms with Crippen molar-refractivity contribution >= 4 is 11.4 Å². The largest absolute Gasteiger partial charge is 0.401 e. The molecule has 1 rings (SSSR count). The SMILES string of the molecule is C=CCCC(C(=C)N)N(C)C(=C)c1cc(NCCC)ccc1C(C)C. The highest BCUT2D eigenvalue weighted by molar-refractivity contribution is 5.70. The number of allylic oxidation sites excluding steroid dienone is 1. The van der Waals surface area contributed by atoms with Crippen LogP contribution in [0.15, 0.2) is 49.7 Å². The highest BCUT2D eigenvalue weighted by Crippen LogP contribution is 2.31. The van der Waals surface area contributed by atoms with E-state index in [9.17, 15) is 0 Å². The minimum Gasteiger partial charge on any atom is -0.401 e. The van der Waals surface area contributed by atoms with Crippen LogP contribution in [0.1, 0.15) is 57.1 Å². The molecule has 3 nitrogen and oxygen atoms in total. The molecule has 1 atom stereocenters. The number of nitrogens with one attached hydrogen (secondary N) is 1. The van der Waals surface area contributed by atoms with E-state index in [-0.39, 0.29) is 6.04 Å². The minimum absolute atomic E-state index is 0.0535. The van der Waals surface area contributed by atoms with E-state index in [0.29, 0.717) is 11.6 Å². The van der Waals surface area contributed by atoms with Gasteiger partial charge in [0, 0.05) is 36.2 Å². The molecule has 1 aromatic rings. The molecule has 0 amide bonds. The zero-order valence-corrected chi connectivity index (χ0v) is 16.4. The summed E-state index contributed by atoms with van der Waals surface area (Å²) in [5, 5.41) is 3.47. The minimum atomic E-state index is 0.0535. The Labute approximate surface area is 154 Å². The van der Waals surface area contributed by atoms with Crippen LogP contribution in [0.25, 0.3) is 5.70 Å². The molecule has 3 heteroatoms. The van der Waals surface area contributed by atoms with E-state index < -0.39 is 0 Å². The standard InChI is InChI=1S/C22H35N3/c1-8-10-11-22(17(5)23)25(7)18(6)21-15-19(24-14-9-2)12-13-20(21)16(3)4/h8,12-13,15-16,22,24H,1,5-6,9-11,14,23H2,2-4,7H3. The number of nitrogens with two attached hydrogens (primary N) is 1. The Balaban J connectivity index is 3.18. The predicted octanol–water partition coefficient (Wildman–Crippen LogP) is 5.34. The molecule has 0 saturated carbocycles. The van der Waals surface area contributed by atoms with Gasteiger partial charge in [0.15, 0.2) is 0 Å². The van der Waals surface area contributed by atoms with E-state index in [1.807, 2.05) is 13.1 Å². The summed E-state index contributed by atoms with van der Waals surface area (Å²) in [5.74, 6) is 0.424. The van der Waals surface area contributed by atoms with Gasteiger partial charge in [-0.15, -0.1) is 6.58 Å². The molecule has 25 heavy (non-hydrogen) atoms. The summed E-state index contributed by atoms with van der Waals surface area (Å²) in [4.78, 5) is 2.15. The predicted molar refractivity (Wildman–Crippen MR) is 113 cm³/mol. The molecule has 0 spiro atoms. The molecular formula is C22H35N3. The summed E-state index contributed by atoms with van der Waals surface area (Å²) >= 11 is 0. The van der Waals surface area contributed by atoms with Gasteiger partial charge in [-0.3, -0.25) is 0 Å². The summed E-state index contributed by atoms with van der Waals surface area (Å²) in [5.41, 5.74) is 11.3. The first-order chi connectivity index (χ1) is 11.8. The summed E-state index contributed by atoms with van der Waals surface area (Å²) in [6.45, 7) is 19.7. The van der Waals surface area contributed by atoms with Crippen molar-refractivity contribution in [2.24, 2.45) is 5.73 Å². The van der Waals surface area contributed by atoms with Crippen molar-refractivity contribution in [1.82, 2.24) is 4.90 Å². The fourth-order valence-electron chi connectivity index (χ4n) is 2.97. The second kappa shape index (κ2) is 9.97. The van der Waals surface area contributed by atoms with Crippen LogP contribution in [0.3, 0.4) is 0 Å². The smallest absolute Gasteiger partial charge is 0.0680 e. The van der Waals surface area contributed by atoms with Crippen molar-refractivity contribution in [3.05, 3.63) is 60.8 Å². The highest BCUT2D eigenvalue weighted by atomic mass is 15.2. The third-order valence-corrected chi connectivity index (χ3v) is 4.53. The third kappa shape index (κ3) is 5.70. The average molecular weight is 342 g/mol. The maximum absolute atomic E-state index is 6.06. The Bertz CT molecular complexity index is 601. The van der Waals surface area contributed by atoms with Crippen molar-refractivity contribution in [3.8, 4) is 0 Å². The van der Waals surface area contributed by atoms with Crippen LogP contribution < -0.4 is 11.1 Å². The third-order valence-electron chi connectivity index (χ3n) is 4.53. The number of hydrogen-bond donors (Lipinski definition) is 2. The van der Waals surface area contributed by atoms with Gasteiger partial charge in [0.25, 0.3) is 0 Å². The Morgan fingerprint density at radius 2 is 2.00 bits per heavy atom. The second-order valence-corrected chi connectivity index (χ2v) is 6.90. The highest BCUT2D eigenvalue weighted by Gasteiger charge is 2.20. The van der Waals surface area contributed by atoms with Crippen LogP contribution in [0.5, 0.6) is 0 Å². The lowest BCUT2D eigenvalue weighted by molar-refractivity contribution is 0.369. The number of likely N-dealkylation sites (N-methyl/N-ethyl adjacent to an activating group) is 1. The van der Waals surface area contributed by atoms with Gasteiger partial charge in [-0.1, -0.05) is 46.1 Å². The molecule has 0 heterocycles. The topological polar surface area (TPSA) is 41.3 Å². The molecular weight excluding hydrogens is 306 g/mol. The normalized spacial score (nSPS) is 11.9. The molecule has 138 valence electrons. The van der Waals surface area contributed by atoms with Crippen LogP contribution in [0, 0.1) is 0 Å². The molecule has 0 bridgehead atoms. The lowest BCUT2D eigenvalue weighted by Crippen LogP contribution is -2.34. The zero-order chi connectivity index (χ0) is 19.0. The fraction of sp³-hybridized carbons (Fsp3) is 0.455. The van der Waals surface area contributed by atoms with E-state index in [1.165, 1.54) is 11.1 Å². The van der Waals surface area contributed by atoms with Crippen molar-refractivity contribution in [1.29, 1.82) is 0 Å². The number of rotatable bonds is 11. The van der Waals surface area contributed by atoms with Gasteiger partial charge in [0.1, 0.15) is 0 Å². The van der Waals surface area contributed by atoms with Crippen molar-refractivity contribution < 1.29 is 0 Å². The van der Waals surface area contributed by atoms with Crippen LogP contribution in [-0.4, -0.2) is 24.5 Å². The second-order valence-electron chi connectivity index (χ2n) is 6.90. The first kappa shape index (κ1) is 20.9. The molecule has 3 N–H and O–H groups in total. The molecule has 0 aromatic heterocycles. The Morgan fingerprint density at radius 3 is 2.52 bits per heavy atom. The van der Waals surface area contributed by atoms with E-state index in [2.05, 4.69) is 68.9 Å². The fourth-order valence-corrected chi connectivity index (χ4v) is 2.97. The van der Waals surface area contributed by atoms with Gasteiger partial charge < -0.3 is 16.0 Å². The average Bonchev–Trinajstić information content (AvgIpc) is 2.58. The van der Waals surface area contributed by atoms with Crippen LogP contribution in [0.2, 0.25) is 0 Å². The van der Waals surface area contributed by atoms with E-state index in [4.69, 9.17) is 5.73 Å². The summed E-state index contributed by atoms with van der Waals surface area (Å²) in [6, 6.07) is 6.61.